The van der Waals surface area contributed by atoms with Crippen molar-refractivity contribution in [1.29, 1.82) is 0 Å². The molecule has 0 spiro atoms. The second-order valence-electron chi connectivity index (χ2n) is 5.27. The van der Waals surface area contributed by atoms with Crippen LogP contribution in [0.2, 0.25) is 0 Å². The molecule has 0 aliphatic carbocycles. The van der Waals surface area contributed by atoms with Crippen LogP contribution in [-0.2, 0) is 10.9 Å². The second-order valence-corrected chi connectivity index (χ2v) is 7.59. The summed E-state index contributed by atoms with van der Waals surface area (Å²) in [7, 11) is -2.88. The van der Waals surface area contributed by atoms with Crippen molar-refractivity contribution in [1.82, 2.24) is 0 Å². The number of hydrogen-bond acceptors (Lipinski definition) is 0. The fourth-order valence-corrected chi connectivity index (χ4v) is 4.34. The topological polar surface area (TPSA) is 0 Å². The van der Waals surface area contributed by atoms with Crippen molar-refractivity contribution in [3.63, 3.8) is 0 Å². The van der Waals surface area contributed by atoms with Crippen LogP contribution in [0.15, 0.2) is 0 Å². The van der Waals surface area contributed by atoms with Gasteiger partial charge >= 0.3 is 35.1 Å². The van der Waals surface area contributed by atoms with E-state index in [4.69, 9.17) is 0 Å². The highest BCUT2D eigenvalue weighted by Crippen LogP contribution is 2.61. The summed E-state index contributed by atoms with van der Waals surface area (Å²) in [6.07, 6.45) is -7.35. The minimum Gasteiger partial charge on any atom is -0.192 e. The molecule has 0 nitrogen and oxygen atoms in total. The molecular weight excluding hydrogens is 411 g/mol. The first-order valence-electron chi connectivity index (χ1n) is 6.49. The van der Waals surface area contributed by atoms with E-state index in [1.807, 2.05) is 0 Å². The van der Waals surface area contributed by atoms with Crippen LogP contribution in [0.3, 0.4) is 0 Å². The zero-order valence-corrected chi connectivity index (χ0v) is 12.7. The molecule has 0 amide bonds. The SMILES string of the molecule is FC(F)(F)C(F)(F)C(F)(F)C(F)(F)C(F)(F)C(F)(F)[S+]1CCCCC1. The van der Waals surface area contributed by atoms with Crippen LogP contribution in [-0.4, -0.2) is 46.6 Å². The van der Waals surface area contributed by atoms with Gasteiger partial charge in [0.05, 0.1) is 10.9 Å². The predicted molar refractivity (Wildman–Crippen MR) is 61.7 cm³/mol. The summed E-state index contributed by atoms with van der Waals surface area (Å²) in [5.41, 5.74) is 0. The molecule has 0 aromatic carbocycles. The Hall–Kier alpha value is -0.560. The van der Waals surface area contributed by atoms with Gasteiger partial charge in [-0.2, -0.15) is 48.3 Å². The third kappa shape index (κ3) is 3.15. The largest absolute Gasteiger partial charge is 0.480 e. The normalized spacial score (nSPS) is 20.0. The molecule has 0 bridgehead atoms. The van der Waals surface area contributed by atoms with Gasteiger partial charge in [-0.05, 0) is 19.3 Å². The van der Waals surface area contributed by atoms with E-state index in [1.165, 1.54) is 0 Å². The van der Waals surface area contributed by atoms with Crippen molar-refractivity contribution in [3.05, 3.63) is 0 Å². The molecule has 150 valence electrons. The molecule has 0 atom stereocenters. The third-order valence-corrected chi connectivity index (χ3v) is 6.09. The summed E-state index contributed by atoms with van der Waals surface area (Å²) in [4.78, 5) is 0. The van der Waals surface area contributed by atoms with Crippen LogP contribution in [0.5, 0.6) is 0 Å². The van der Waals surface area contributed by atoms with E-state index in [0.29, 0.717) is 0 Å². The Morgan fingerprint density at radius 2 is 0.800 bits per heavy atom. The van der Waals surface area contributed by atoms with Gasteiger partial charge in [-0.1, -0.05) is 0 Å². The van der Waals surface area contributed by atoms with Gasteiger partial charge in [0, 0.05) is 0 Å². The summed E-state index contributed by atoms with van der Waals surface area (Å²) in [6.45, 7) is 0. The molecule has 0 radical (unpaired) electrons. The summed E-state index contributed by atoms with van der Waals surface area (Å²) in [5.74, 6) is -31.8. The van der Waals surface area contributed by atoms with E-state index in [9.17, 15) is 57.1 Å². The molecule has 1 aliphatic rings. The van der Waals surface area contributed by atoms with Crippen molar-refractivity contribution in [3.8, 4) is 0 Å². The average molecular weight is 421 g/mol. The highest BCUT2D eigenvalue weighted by Gasteiger charge is 2.93. The van der Waals surface area contributed by atoms with E-state index in [0.717, 1.165) is 0 Å². The lowest BCUT2D eigenvalue weighted by molar-refractivity contribution is -0.433. The first-order valence-corrected chi connectivity index (χ1v) is 8.05. The zero-order chi connectivity index (χ0) is 20.1. The molecule has 0 N–H and O–H groups in total. The van der Waals surface area contributed by atoms with Crippen molar-refractivity contribution in [2.45, 2.75) is 54.4 Å². The second kappa shape index (κ2) is 6.25. The predicted octanol–water partition coefficient (Wildman–Crippen LogP) is 5.48. The molecular formula is C11H10F13S+. The monoisotopic (exact) mass is 421 g/mol. The van der Waals surface area contributed by atoms with Crippen LogP contribution in [0.4, 0.5) is 57.1 Å². The zero-order valence-electron chi connectivity index (χ0n) is 11.9. The van der Waals surface area contributed by atoms with Gasteiger partial charge in [-0.3, -0.25) is 0 Å². The minimum absolute atomic E-state index is 0.130. The average Bonchev–Trinajstić information content (AvgIpc) is 2.46. The number of halogens is 13. The Balaban J connectivity index is 3.37. The molecule has 14 heteroatoms. The van der Waals surface area contributed by atoms with Crippen LogP contribution in [0.1, 0.15) is 19.3 Å². The molecule has 0 unspecified atom stereocenters. The maximum Gasteiger partial charge on any atom is 0.480 e. The van der Waals surface area contributed by atoms with Crippen molar-refractivity contribution in [2.24, 2.45) is 0 Å². The Morgan fingerprint density at radius 1 is 0.440 bits per heavy atom. The van der Waals surface area contributed by atoms with Crippen molar-refractivity contribution in [2.75, 3.05) is 11.5 Å². The van der Waals surface area contributed by atoms with Gasteiger partial charge in [0.25, 0.3) is 0 Å². The molecule has 1 fully saturated rings. The number of alkyl halides is 13. The van der Waals surface area contributed by atoms with E-state index >= 15 is 0 Å². The first-order chi connectivity index (χ1) is 10.9. The Labute approximate surface area is 135 Å². The molecule has 1 heterocycles. The standard InChI is InChI=1S/C11H10F13S/c12-6(13,8(16,17)10(20,21)22)7(14,15)9(18,19)11(23,24)25-4-2-1-3-5-25/h1-5H2/q+1. The lowest BCUT2D eigenvalue weighted by Crippen LogP contribution is -2.71. The quantitative estimate of drug-likeness (QED) is 0.407. The Bertz CT molecular complexity index is 475. The Morgan fingerprint density at radius 3 is 1.16 bits per heavy atom. The molecule has 0 aromatic rings. The van der Waals surface area contributed by atoms with E-state index in [2.05, 4.69) is 0 Å². The maximum atomic E-state index is 13.7. The molecule has 0 aromatic heterocycles. The van der Waals surface area contributed by atoms with Crippen molar-refractivity contribution < 1.29 is 57.1 Å². The summed E-state index contributed by atoms with van der Waals surface area (Å²) in [6, 6.07) is 0. The van der Waals surface area contributed by atoms with Crippen molar-refractivity contribution >= 4 is 10.9 Å². The fourth-order valence-electron chi connectivity index (χ4n) is 2.02. The number of rotatable bonds is 5. The molecule has 25 heavy (non-hydrogen) atoms. The van der Waals surface area contributed by atoms with Gasteiger partial charge in [0.15, 0.2) is 0 Å². The molecule has 1 saturated heterocycles. The molecule has 1 aliphatic heterocycles. The summed E-state index contributed by atoms with van der Waals surface area (Å²) in [5, 5.41) is -5.89. The van der Waals surface area contributed by atoms with Gasteiger partial charge in [0.2, 0.25) is 0 Å². The van der Waals surface area contributed by atoms with Gasteiger partial charge < -0.3 is 0 Å². The lowest BCUT2D eigenvalue weighted by atomic mass is 9.98. The maximum absolute atomic E-state index is 13.7. The highest BCUT2D eigenvalue weighted by atomic mass is 32.2. The Kier molecular flexibility index (Phi) is 5.62. The highest BCUT2D eigenvalue weighted by molar-refractivity contribution is 7.97. The van der Waals surface area contributed by atoms with Crippen LogP contribution >= 0.6 is 0 Å². The summed E-state index contributed by atoms with van der Waals surface area (Å²) < 4.78 is 168. The van der Waals surface area contributed by atoms with Gasteiger partial charge in [-0.25, -0.2) is 0 Å². The van der Waals surface area contributed by atoms with Gasteiger partial charge in [0.1, 0.15) is 11.5 Å². The molecule has 1 rings (SSSR count). The molecule has 0 saturated carbocycles. The minimum atomic E-state index is -7.80. The van der Waals surface area contributed by atoms with Crippen LogP contribution in [0, 0.1) is 0 Å². The van der Waals surface area contributed by atoms with Crippen LogP contribution < -0.4 is 0 Å². The van der Waals surface area contributed by atoms with Crippen LogP contribution in [0.25, 0.3) is 0 Å². The number of hydrogen-bond donors (Lipinski definition) is 0. The van der Waals surface area contributed by atoms with E-state index in [-0.39, 0.29) is 19.3 Å². The smallest absolute Gasteiger partial charge is 0.192 e. The third-order valence-electron chi connectivity index (χ3n) is 3.55. The van der Waals surface area contributed by atoms with E-state index < -0.39 is 57.5 Å². The van der Waals surface area contributed by atoms with Gasteiger partial charge in [-0.15, -0.1) is 8.78 Å². The van der Waals surface area contributed by atoms with E-state index in [1.54, 1.807) is 0 Å². The first kappa shape index (κ1) is 22.5. The lowest BCUT2D eigenvalue weighted by Gasteiger charge is -2.39. The fraction of sp³-hybridized carbons (Fsp3) is 1.00. The summed E-state index contributed by atoms with van der Waals surface area (Å²) >= 11 is 0.